The minimum Gasteiger partial charge on any atom is -0.392 e. The SMILES string of the molecule is O=c1oc(S)c(CO)o1. The summed E-state index contributed by atoms with van der Waals surface area (Å²) in [6, 6.07) is 0. The van der Waals surface area contributed by atoms with E-state index in [4.69, 9.17) is 5.11 Å². The minimum atomic E-state index is -0.843. The molecule has 1 aromatic rings. The molecule has 0 saturated carbocycles. The van der Waals surface area contributed by atoms with Crippen molar-refractivity contribution < 1.29 is 13.9 Å². The van der Waals surface area contributed by atoms with Crippen molar-refractivity contribution in [3.63, 3.8) is 0 Å². The van der Waals surface area contributed by atoms with Crippen molar-refractivity contribution in [1.82, 2.24) is 0 Å². The first-order chi connectivity index (χ1) is 4.24. The van der Waals surface area contributed by atoms with Crippen molar-refractivity contribution in [3.05, 3.63) is 16.4 Å². The van der Waals surface area contributed by atoms with Crippen LogP contribution in [0.25, 0.3) is 0 Å². The topological polar surface area (TPSA) is 63.6 Å². The van der Waals surface area contributed by atoms with Gasteiger partial charge in [0.25, 0.3) is 0 Å². The first-order valence-corrected chi connectivity index (χ1v) is 2.61. The molecule has 0 unspecified atom stereocenters. The Labute approximate surface area is 55.5 Å². The van der Waals surface area contributed by atoms with E-state index in [2.05, 4.69) is 21.5 Å². The highest BCUT2D eigenvalue weighted by molar-refractivity contribution is 7.80. The van der Waals surface area contributed by atoms with Gasteiger partial charge in [-0.25, -0.2) is 4.79 Å². The molecule has 1 aromatic heterocycles. The van der Waals surface area contributed by atoms with Crippen molar-refractivity contribution in [3.8, 4) is 0 Å². The molecule has 0 amide bonds. The summed E-state index contributed by atoms with van der Waals surface area (Å²) < 4.78 is 8.60. The molecule has 9 heavy (non-hydrogen) atoms. The molecule has 50 valence electrons. The molecule has 4 nitrogen and oxygen atoms in total. The Morgan fingerprint density at radius 2 is 2.22 bits per heavy atom. The van der Waals surface area contributed by atoms with Crippen LogP contribution in [0.3, 0.4) is 0 Å². The van der Waals surface area contributed by atoms with Gasteiger partial charge in [0.05, 0.1) is 0 Å². The Hall–Kier alpha value is -0.680. The lowest BCUT2D eigenvalue weighted by Gasteiger charge is -1.81. The van der Waals surface area contributed by atoms with Gasteiger partial charge in [-0.05, 0) is 0 Å². The van der Waals surface area contributed by atoms with E-state index in [0.717, 1.165) is 0 Å². The normalized spacial score (nSPS) is 10.0. The molecular formula is C4H4O4S. The van der Waals surface area contributed by atoms with Gasteiger partial charge in [0.1, 0.15) is 6.61 Å². The van der Waals surface area contributed by atoms with Gasteiger partial charge in [0.2, 0.25) is 5.09 Å². The van der Waals surface area contributed by atoms with Crippen LogP contribution in [0.5, 0.6) is 0 Å². The second-order valence-electron chi connectivity index (χ2n) is 1.34. The molecule has 1 N–H and O–H groups in total. The second-order valence-corrected chi connectivity index (χ2v) is 1.75. The van der Waals surface area contributed by atoms with Crippen LogP contribution in [-0.4, -0.2) is 5.11 Å². The molecule has 0 aliphatic rings. The van der Waals surface area contributed by atoms with Gasteiger partial charge in [-0.3, -0.25) is 0 Å². The summed E-state index contributed by atoms with van der Waals surface area (Å²) in [6.45, 7) is -0.370. The highest BCUT2D eigenvalue weighted by atomic mass is 32.1. The molecule has 0 aliphatic carbocycles. The zero-order chi connectivity index (χ0) is 6.85. The fourth-order valence-corrected chi connectivity index (χ4v) is 0.592. The van der Waals surface area contributed by atoms with Crippen LogP contribution in [0, 0.1) is 0 Å². The number of aliphatic hydroxyl groups is 1. The van der Waals surface area contributed by atoms with E-state index >= 15 is 0 Å². The van der Waals surface area contributed by atoms with Crippen molar-refractivity contribution in [2.24, 2.45) is 0 Å². The first kappa shape index (κ1) is 6.44. The summed E-state index contributed by atoms with van der Waals surface area (Å²) in [4.78, 5) is 10.2. The minimum absolute atomic E-state index is 0.0301. The van der Waals surface area contributed by atoms with E-state index in [-0.39, 0.29) is 17.5 Å². The molecule has 0 atom stereocenters. The Morgan fingerprint density at radius 1 is 1.56 bits per heavy atom. The van der Waals surface area contributed by atoms with Gasteiger partial charge in [-0.2, -0.15) is 0 Å². The second kappa shape index (κ2) is 2.28. The number of aliphatic hydroxyl groups excluding tert-OH is 1. The summed E-state index contributed by atoms with van der Waals surface area (Å²) in [6.07, 6.45) is 0. The van der Waals surface area contributed by atoms with E-state index in [1.807, 2.05) is 0 Å². The summed E-state index contributed by atoms with van der Waals surface area (Å²) in [5, 5.41) is 8.42. The summed E-state index contributed by atoms with van der Waals surface area (Å²) in [7, 11) is 0. The Morgan fingerprint density at radius 3 is 2.44 bits per heavy atom. The molecule has 0 radical (unpaired) electrons. The fourth-order valence-electron chi connectivity index (χ4n) is 0.401. The fraction of sp³-hybridized carbons (Fsp3) is 0.250. The third-order valence-corrected chi connectivity index (χ3v) is 1.11. The quantitative estimate of drug-likeness (QED) is 0.551. The van der Waals surface area contributed by atoms with E-state index in [0.29, 0.717) is 0 Å². The summed E-state index contributed by atoms with van der Waals surface area (Å²) in [5.41, 5.74) is 0. The molecular weight excluding hydrogens is 144 g/mol. The van der Waals surface area contributed by atoms with Crippen molar-refractivity contribution in [1.29, 1.82) is 0 Å². The van der Waals surface area contributed by atoms with Crippen LogP contribution in [-0.2, 0) is 6.61 Å². The van der Waals surface area contributed by atoms with Crippen molar-refractivity contribution >= 4 is 12.6 Å². The molecule has 0 aromatic carbocycles. The Bertz CT molecular complexity index is 247. The van der Waals surface area contributed by atoms with Crippen LogP contribution in [0.2, 0.25) is 0 Å². The number of rotatable bonds is 1. The average molecular weight is 148 g/mol. The van der Waals surface area contributed by atoms with Gasteiger partial charge >= 0.3 is 5.82 Å². The van der Waals surface area contributed by atoms with Crippen molar-refractivity contribution in [2.45, 2.75) is 11.7 Å². The number of hydrogen-bond acceptors (Lipinski definition) is 5. The predicted molar refractivity (Wildman–Crippen MR) is 30.4 cm³/mol. The maximum absolute atomic E-state index is 10.2. The highest BCUT2D eigenvalue weighted by Crippen LogP contribution is 2.09. The third kappa shape index (κ3) is 1.17. The summed E-state index contributed by atoms with van der Waals surface area (Å²) >= 11 is 3.68. The van der Waals surface area contributed by atoms with E-state index in [9.17, 15) is 4.79 Å². The molecule has 0 spiro atoms. The monoisotopic (exact) mass is 148 g/mol. The van der Waals surface area contributed by atoms with Gasteiger partial charge < -0.3 is 13.9 Å². The van der Waals surface area contributed by atoms with Crippen LogP contribution in [0.1, 0.15) is 5.76 Å². The Kier molecular flexibility index (Phi) is 1.63. The molecule has 0 saturated heterocycles. The van der Waals surface area contributed by atoms with Crippen LogP contribution in [0.4, 0.5) is 0 Å². The maximum atomic E-state index is 10.2. The number of thiol groups is 1. The molecule has 1 heterocycles. The smallest absolute Gasteiger partial charge is 0.392 e. The van der Waals surface area contributed by atoms with Gasteiger partial charge in [-0.15, -0.1) is 12.6 Å². The largest absolute Gasteiger partial charge is 0.519 e. The van der Waals surface area contributed by atoms with Crippen LogP contribution in [0.15, 0.2) is 18.7 Å². The maximum Gasteiger partial charge on any atom is 0.519 e. The lowest BCUT2D eigenvalue weighted by atomic mass is 10.6. The van der Waals surface area contributed by atoms with Crippen LogP contribution < -0.4 is 5.82 Å². The predicted octanol–water partition coefficient (Wildman–Crippen LogP) is 0.0138. The average Bonchev–Trinajstić information content (AvgIpc) is 2.10. The summed E-state index contributed by atoms with van der Waals surface area (Å²) in [5.74, 6) is -0.785. The van der Waals surface area contributed by atoms with Gasteiger partial charge in [0, 0.05) is 0 Å². The molecule has 5 heteroatoms. The molecule has 1 rings (SSSR count). The zero-order valence-corrected chi connectivity index (χ0v) is 5.22. The lowest BCUT2D eigenvalue weighted by molar-refractivity contribution is 0.239. The lowest BCUT2D eigenvalue weighted by Crippen LogP contribution is -1.86. The first-order valence-electron chi connectivity index (χ1n) is 2.16. The highest BCUT2D eigenvalue weighted by Gasteiger charge is 2.05. The molecule has 0 bridgehead atoms. The van der Waals surface area contributed by atoms with E-state index < -0.39 is 5.82 Å². The van der Waals surface area contributed by atoms with E-state index in [1.165, 1.54) is 0 Å². The number of hydrogen-bond donors (Lipinski definition) is 2. The van der Waals surface area contributed by atoms with Crippen LogP contribution >= 0.6 is 12.6 Å². The van der Waals surface area contributed by atoms with Crippen molar-refractivity contribution in [2.75, 3.05) is 0 Å². The van der Waals surface area contributed by atoms with E-state index in [1.54, 1.807) is 0 Å². The molecule has 0 fully saturated rings. The standard InChI is InChI=1S/C4H4O4S/c5-1-2-3(9)8-4(6)7-2/h5,9H,1H2. The molecule has 0 aliphatic heterocycles. The Balaban J connectivity index is 3.16. The zero-order valence-electron chi connectivity index (χ0n) is 4.33. The van der Waals surface area contributed by atoms with Gasteiger partial charge in [-0.1, -0.05) is 0 Å². The van der Waals surface area contributed by atoms with Gasteiger partial charge in [0.15, 0.2) is 5.76 Å². The third-order valence-electron chi connectivity index (χ3n) is 0.769.